The van der Waals surface area contributed by atoms with Crippen molar-refractivity contribution >= 4 is 11.8 Å². The first-order chi connectivity index (χ1) is 9.70. The highest BCUT2D eigenvalue weighted by atomic mass is 32.2. The minimum Gasteiger partial charge on any atom is -0.496 e. The van der Waals surface area contributed by atoms with E-state index in [1.807, 2.05) is 29.8 Å². The first-order valence-corrected chi connectivity index (χ1v) is 7.40. The van der Waals surface area contributed by atoms with Crippen LogP contribution in [-0.2, 0) is 0 Å². The minimum atomic E-state index is -0.112. The van der Waals surface area contributed by atoms with E-state index in [4.69, 9.17) is 10.5 Å². The normalized spacial score (nSPS) is 16.1. The number of aromatic nitrogens is 4. The Morgan fingerprint density at radius 3 is 2.90 bits per heavy atom. The van der Waals surface area contributed by atoms with Crippen molar-refractivity contribution in [2.75, 3.05) is 7.11 Å². The van der Waals surface area contributed by atoms with E-state index in [1.165, 1.54) is 0 Å². The fourth-order valence-electron chi connectivity index (χ4n) is 2.14. The number of rotatable bonds is 5. The fourth-order valence-corrected chi connectivity index (χ4v) is 3.24. The molecule has 0 aliphatic heterocycles. The average Bonchev–Trinajstić information content (AvgIpc) is 3.18. The van der Waals surface area contributed by atoms with Crippen LogP contribution >= 0.6 is 11.8 Å². The molecule has 1 heterocycles. The topological polar surface area (TPSA) is 78.9 Å². The van der Waals surface area contributed by atoms with Gasteiger partial charge in [-0.25, -0.2) is 4.68 Å². The van der Waals surface area contributed by atoms with E-state index in [9.17, 15) is 0 Å². The molecule has 1 aromatic carbocycles. The largest absolute Gasteiger partial charge is 0.496 e. The molecule has 1 aliphatic carbocycles. The number of nitrogens with two attached hydrogens (primary N) is 1. The number of hydrogen-bond acceptors (Lipinski definition) is 6. The van der Waals surface area contributed by atoms with Gasteiger partial charge in [0.25, 0.3) is 0 Å². The first kappa shape index (κ1) is 13.4. The third kappa shape index (κ3) is 2.51. The molecule has 3 rings (SSSR count). The van der Waals surface area contributed by atoms with E-state index in [0.717, 1.165) is 34.2 Å². The van der Waals surface area contributed by atoms with Crippen molar-refractivity contribution in [3.05, 3.63) is 23.8 Å². The monoisotopic (exact) mass is 291 g/mol. The summed E-state index contributed by atoms with van der Waals surface area (Å²) in [5.74, 6) is 0.801. The summed E-state index contributed by atoms with van der Waals surface area (Å²) in [4.78, 5) is 1.04. The van der Waals surface area contributed by atoms with Crippen LogP contribution in [0.5, 0.6) is 5.75 Å². The predicted octanol–water partition coefficient (Wildman–Crippen LogP) is 2.19. The zero-order chi connectivity index (χ0) is 14.1. The second kappa shape index (κ2) is 5.41. The predicted molar refractivity (Wildman–Crippen MR) is 75.8 cm³/mol. The summed E-state index contributed by atoms with van der Waals surface area (Å²) in [5, 5.41) is 12.8. The first-order valence-electron chi connectivity index (χ1n) is 6.59. The quantitative estimate of drug-likeness (QED) is 0.909. The molecule has 0 spiro atoms. The minimum absolute atomic E-state index is 0.112. The summed E-state index contributed by atoms with van der Waals surface area (Å²) >= 11 is 1.54. The highest BCUT2D eigenvalue weighted by molar-refractivity contribution is 7.99. The molecule has 0 saturated heterocycles. The van der Waals surface area contributed by atoms with Gasteiger partial charge < -0.3 is 10.5 Å². The van der Waals surface area contributed by atoms with Crippen LogP contribution in [0.15, 0.2) is 28.3 Å². The van der Waals surface area contributed by atoms with Gasteiger partial charge in [-0.15, -0.1) is 5.10 Å². The average molecular weight is 291 g/mol. The van der Waals surface area contributed by atoms with Gasteiger partial charge in [-0.1, -0.05) is 6.07 Å². The zero-order valence-corrected chi connectivity index (χ0v) is 12.3. The molecule has 0 bridgehead atoms. The van der Waals surface area contributed by atoms with E-state index < -0.39 is 0 Å². The van der Waals surface area contributed by atoms with E-state index in [-0.39, 0.29) is 6.04 Å². The van der Waals surface area contributed by atoms with Crippen molar-refractivity contribution < 1.29 is 4.74 Å². The Bertz CT molecular complexity index is 609. The standard InChI is InChI=1S/C13H17N5OS/c1-8(14)12-10(19-2)4-3-5-11(12)20-13-15-16-17-18(13)9-6-7-9/h3-5,8-9H,6-7,14H2,1-2H3/t8-/m1/s1. The molecular weight excluding hydrogens is 274 g/mol. The van der Waals surface area contributed by atoms with Gasteiger partial charge in [-0.3, -0.25) is 0 Å². The van der Waals surface area contributed by atoms with Gasteiger partial charge in [-0.05, 0) is 54.1 Å². The van der Waals surface area contributed by atoms with Gasteiger partial charge in [0.1, 0.15) is 5.75 Å². The highest BCUT2D eigenvalue weighted by Crippen LogP contribution is 2.40. The smallest absolute Gasteiger partial charge is 0.214 e. The molecule has 1 aromatic heterocycles. The molecule has 1 saturated carbocycles. The Balaban J connectivity index is 1.95. The molecule has 106 valence electrons. The van der Waals surface area contributed by atoms with Crippen LogP contribution in [0, 0.1) is 0 Å². The fraction of sp³-hybridized carbons (Fsp3) is 0.462. The van der Waals surface area contributed by atoms with Gasteiger partial charge in [-0.2, -0.15) is 0 Å². The molecule has 2 aromatic rings. The zero-order valence-electron chi connectivity index (χ0n) is 11.5. The lowest BCUT2D eigenvalue weighted by Crippen LogP contribution is -2.09. The van der Waals surface area contributed by atoms with Gasteiger partial charge in [0, 0.05) is 16.5 Å². The van der Waals surface area contributed by atoms with Crippen molar-refractivity contribution in [2.45, 2.75) is 41.9 Å². The van der Waals surface area contributed by atoms with Crippen LogP contribution in [0.1, 0.15) is 37.4 Å². The molecule has 1 aliphatic rings. The summed E-state index contributed by atoms with van der Waals surface area (Å²) in [6, 6.07) is 6.25. The van der Waals surface area contributed by atoms with Gasteiger partial charge >= 0.3 is 0 Å². The van der Waals surface area contributed by atoms with E-state index in [1.54, 1.807) is 18.9 Å². The van der Waals surface area contributed by atoms with E-state index in [2.05, 4.69) is 15.5 Å². The van der Waals surface area contributed by atoms with Crippen molar-refractivity contribution in [2.24, 2.45) is 5.73 Å². The summed E-state index contributed by atoms with van der Waals surface area (Å²) in [6.07, 6.45) is 2.30. The highest BCUT2D eigenvalue weighted by Gasteiger charge is 2.28. The Kier molecular flexibility index (Phi) is 3.62. The number of ether oxygens (including phenoxy) is 1. The Labute approximate surface area is 121 Å². The number of methoxy groups -OCH3 is 1. The summed E-state index contributed by atoms with van der Waals surface area (Å²) in [6.45, 7) is 1.95. The Morgan fingerprint density at radius 1 is 1.45 bits per heavy atom. The van der Waals surface area contributed by atoms with E-state index >= 15 is 0 Å². The van der Waals surface area contributed by atoms with Gasteiger partial charge in [0.2, 0.25) is 5.16 Å². The maximum atomic E-state index is 6.08. The number of benzene rings is 1. The van der Waals surface area contributed by atoms with Crippen LogP contribution < -0.4 is 10.5 Å². The SMILES string of the molecule is COc1cccc(Sc2nnnn2C2CC2)c1[C@@H](C)N. The van der Waals surface area contributed by atoms with Crippen molar-refractivity contribution in [3.8, 4) is 5.75 Å². The maximum absolute atomic E-state index is 6.08. The van der Waals surface area contributed by atoms with Crippen LogP contribution in [0.4, 0.5) is 0 Å². The molecular formula is C13H17N5OS. The lowest BCUT2D eigenvalue weighted by Gasteiger charge is -2.15. The molecule has 6 nitrogen and oxygen atoms in total. The Hall–Kier alpha value is -1.60. The molecule has 2 N–H and O–H groups in total. The molecule has 20 heavy (non-hydrogen) atoms. The van der Waals surface area contributed by atoms with Gasteiger partial charge in [0.15, 0.2) is 0 Å². The lowest BCUT2D eigenvalue weighted by molar-refractivity contribution is 0.405. The van der Waals surface area contributed by atoms with Crippen molar-refractivity contribution in [1.82, 2.24) is 20.2 Å². The molecule has 0 amide bonds. The van der Waals surface area contributed by atoms with Gasteiger partial charge in [0.05, 0.1) is 13.2 Å². The Morgan fingerprint density at radius 2 is 2.25 bits per heavy atom. The third-order valence-electron chi connectivity index (χ3n) is 3.26. The summed E-state index contributed by atoms with van der Waals surface area (Å²) < 4.78 is 7.30. The maximum Gasteiger partial charge on any atom is 0.214 e. The third-order valence-corrected chi connectivity index (χ3v) is 4.29. The second-order valence-corrected chi connectivity index (χ2v) is 5.91. The van der Waals surface area contributed by atoms with Crippen LogP contribution in [0.3, 0.4) is 0 Å². The molecule has 1 fully saturated rings. The lowest BCUT2D eigenvalue weighted by atomic mass is 10.1. The summed E-state index contributed by atoms with van der Waals surface area (Å²) in [7, 11) is 1.66. The van der Waals surface area contributed by atoms with E-state index in [0.29, 0.717) is 6.04 Å². The van der Waals surface area contributed by atoms with Crippen molar-refractivity contribution in [1.29, 1.82) is 0 Å². The van der Waals surface area contributed by atoms with Crippen molar-refractivity contribution in [3.63, 3.8) is 0 Å². The molecule has 7 heteroatoms. The van der Waals surface area contributed by atoms with Crippen LogP contribution in [0.25, 0.3) is 0 Å². The van der Waals surface area contributed by atoms with Crippen LogP contribution in [-0.4, -0.2) is 27.3 Å². The second-order valence-electron chi connectivity index (χ2n) is 4.90. The number of tetrazole rings is 1. The molecule has 0 unspecified atom stereocenters. The number of nitrogens with zero attached hydrogens (tertiary/aromatic N) is 4. The molecule has 1 atom stereocenters. The van der Waals surface area contributed by atoms with Crippen LogP contribution in [0.2, 0.25) is 0 Å². The molecule has 0 radical (unpaired) electrons. The number of hydrogen-bond donors (Lipinski definition) is 1. The summed E-state index contributed by atoms with van der Waals surface area (Å²) in [5.41, 5.74) is 7.07.